The summed E-state index contributed by atoms with van der Waals surface area (Å²) < 4.78 is 25.7. The van der Waals surface area contributed by atoms with Gasteiger partial charge in [-0.2, -0.15) is 0 Å². The molecule has 0 fully saturated rings. The third kappa shape index (κ3) is 2.77. The number of aliphatic imine (C=N–C) groups is 1. The second kappa shape index (κ2) is 5.57. The van der Waals surface area contributed by atoms with Gasteiger partial charge in [0.15, 0.2) is 11.5 Å². The normalized spacial score (nSPS) is 19.2. The third-order valence-corrected chi connectivity index (χ3v) is 5.00. The predicted octanol–water partition coefficient (Wildman–Crippen LogP) is 4.72. The van der Waals surface area contributed by atoms with Crippen molar-refractivity contribution in [2.75, 3.05) is 7.11 Å². The van der Waals surface area contributed by atoms with Gasteiger partial charge in [0.25, 0.3) is 0 Å². The highest BCUT2D eigenvalue weighted by atomic mass is 19.1. The third-order valence-electron chi connectivity index (χ3n) is 5.00. The standard InChI is InChI=1S/C22H24FNO2/c1-21(2)11-14-10-17(25-5)20-16(12-22(3,4)26-20)18(14)19(24-21)13-7-6-8-15(23)9-13/h6-10H,11-12H2,1-5H3. The first-order valence-corrected chi connectivity index (χ1v) is 8.97. The maximum Gasteiger partial charge on any atom is 0.166 e. The zero-order chi connectivity index (χ0) is 18.7. The molecule has 0 radical (unpaired) electrons. The van der Waals surface area contributed by atoms with Gasteiger partial charge < -0.3 is 9.47 Å². The van der Waals surface area contributed by atoms with Crippen molar-refractivity contribution in [1.82, 2.24) is 0 Å². The number of benzene rings is 2. The fourth-order valence-corrected chi connectivity index (χ4v) is 4.07. The van der Waals surface area contributed by atoms with Crippen LogP contribution in [0.2, 0.25) is 0 Å². The van der Waals surface area contributed by atoms with Crippen LogP contribution in [0, 0.1) is 5.82 Å². The molecule has 4 rings (SSSR count). The summed E-state index contributed by atoms with van der Waals surface area (Å²) >= 11 is 0. The van der Waals surface area contributed by atoms with Crippen LogP contribution in [0.1, 0.15) is 49.9 Å². The van der Waals surface area contributed by atoms with E-state index in [4.69, 9.17) is 14.5 Å². The number of ether oxygens (including phenoxy) is 2. The summed E-state index contributed by atoms with van der Waals surface area (Å²) in [6.45, 7) is 8.36. The van der Waals surface area contributed by atoms with Crippen LogP contribution >= 0.6 is 0 Å². The molecule has 0 amide bonds. The van der Waals surface area contributed by atoms with Crippen LogP contribution in [0.5, 0.6) is 11.5 Å². The van der Waals surface area contributed by atoms with Gasteiger partial charge in [0, 0.05) is 23.1 Å². The van der Waals surface area contributed by atoms with Gasteiger partial charge in [0.05, 0.1) is 18.4 Å². The Bertz CT molecular complexity index is 928. The van der Waals surface area contributed by atoms with Crippen molar-refractivity contribution in [1.29, 1.82) is 0 Å². The maximum atomic E-state index is 13.9. The van der Waals surface area contributed by atoms with Gasteiger partial charge in [0.1, 0.15) is 11.4 Å². The Balaban J connectivity index is 2.00. The number of rotatable bonds is 2. The molecule has 2 aliphatic rings. The lowest BCUT2D eigenvalue weighted by molar-refractivity contribution is 0.134. The Morgan fingerprint density at radius 1 is 1.12 bits per heavy atom. The molecule has 0 bridgehead atoms. The minimum Gasteiger partial charge on any atom is -0.493 e. The van der Waals surface area contributed by atoms with Crippen molar-refractivity contribution in [2.24, 2.45) is 4.99 Å². The minimum atomic E-state index is -0.301. The molecule has 0 saturated carbocycles. The van der Waals surface area contributed by atoms with E-state index < -0.39 is 0 Å². The first-order valence-electron chi connectivity index (χ1n) is 8.97. The van der Waals surface area contributed by atoms with E-state index in [1.54, 1.807) is 19.2 Å². The quantitative estimate of drug-likeness (QED) is 0.782. The fourth-order valence-electron chi connectivity index (χ4n) is 4.07. The number of halogens is 1. The average molecular weight is 353 g/mol. The molecule has 3 nitrogen and oxygen atoms in total. The lowest BCUT2D eigenvalue weighted by Gasteiger charge is -2.31. The summed E-state index contributed by atoms with van der Waals surface area (Å²) in [5.74, 6) is 1.30. The summed E-state index contributed by atoms with van der Waals surface area (Å²) in [4.78, 5) is 5.00. The highest BCUT2D eigenvalue weighted by Crippen LogP contribution is 2.47. The van der Waals surface area contributed by atoms with Gasteiger partial charge in [-0.1, -0.05) is 12.1 Å². The molecule has 0 N–H and O–H groups in total. The first kappa shape index (κ1) is 17.1. The van der Waals surface area contributed by atoms with Crippen molar-refractivity contribution in [2.45, 2.75) is 51.7 Å². The number of hydrogen-bond donors (Lipinski definition) is 0. The molecule has 0 atom stereocenters. The molecule has 4 heteroatoms. The summed E-state index contributed by atoms with van der Waals surface area (Å²) in [6.07, 6.45) is 1.59. The van der Waals surface area contributed by atoms with Gasteiger partial charge in [-0.3, -0.25) is 4.99 Å². The van der Waals surface area contributed by atoms with E-state index in [-0.39, 0.29) is 17.0 Å². The summed E-state index contributed by atoms with van der Waals surface area (Å²) in [5.41, 5.74) is 4.46. The van der Waals surface area contributed by atoms with Crippen molar-refractivity contribution < 1.29 is 13.9 Å². The summed E-state index contributed by atoms with van der Waals surface area (Å²) in [6, 6.07) is 8.74. The van der Waals surface area contributed by atoms with E-state index in [1.807, 2.05) is 6.07 Å². The molecule has 2 heterocycles. The monoisotopic (exact) mass is 353 g/mol. The molecule has 0 spiro atoms. The molecule has 0 aromatic heterocycles. The van der Waals surface area contributed by atoms with E-state index in [2.05, 4.69) is 33.8 Å². The molecule has 26 heavy (non-hydrogen) atoms. The molecule has 2 aromatic carbocycles. The first-order chi connectivity index (χ1) is 12.2. The molecular weight excluding hydrogens is 329 g/mol. The van der Waals surface area contributed by atoms with E-state index in [9.17, 15) is 4.39 Å². The number of fused-ring (bicyclic) bond motifs is 3. The largest absolute Gasteiger partial charge is 0.493 e. The van der Waals surface area contributed by atoms with Gasteiger partial charge in [-0.15, -0.1) is 0 Å². The smallest absolute Gasteiger partial charge is 0.166 e. The van der Waals surface area contributed by atoms with Gasteiger partial charge in [-0.25, -0.2) is 4.39 Å². The van der Waals surface area contributed by atoms with Crippen LogP contribution in [0.25, 0.3) is 0 Å². The van der Waals surface area contributed by atoms with E-state index in [0.29, 0.717) is 0 Å². The van der Waals surface area contributed by atoms with E-state index in [1.165, 1.54) is 11.6 Å². The number of methoxy groups -OCH3 is 1. The molecule has 136 valence electrons. The van der Waals surface area contributed by atoms with Gasteiger partial charge >= 0.3 is 0 Å². The van der Waals surface area contributed by atoms with E-state index >= 15 is 0 Å². The highest BCUT2D eigenvalue weighted by molar-refractivity contribution is 6.16. The summed E-state index contributed by atoms with van der Waals surface area (Å²) in [7, 11) is 1.67. The minimum absolute atomic E-state index is 0.253. The predicted molar refractivity (Wildman–Crippen MR) is 101 cm³/mol. The Kier molecular flexibility index (Phi) is 3.66. The second-order valence-electron chi connectivity index (χ2n) is 8.42. The van der Waals surface area contributed by atoms with Crippen LogP contribution in [0.4, 0.5) is 4.39 Å². The molecule has 0 saturated heterocycles. The summed E-state index contributed by atoms with van der Waals surface area (Å²) in [5, 5.41) is 0. The zero-order valence-corrected chi connectivity index (χ0v) is 15.9. The molecule has 0 aliphatic carbocycles. The van der Waals surface area contributed by atoms with Crippen molar-refractivity contribution in [3.63, 3.8) is 0 Å². The van der Waals surface area contributed by atoms with E-state index in [0.717, 1.165) is 46.7 Å². The maximum absolute atomic E-state index is 13.9. The fraction of sp³-hybridized carbons (Fsp3) is 0.409. The van der Waals surface area contributed by atoms with Crippen LogP contribution < -0.4 is 9.47 Å². The number of hydrogen-bond acceptors (Lipinski definition) is 3. The lowest BCUT2D eigenvalue weighted by Crippen LogP contribution is -2.30. The molecule has 2 aliphatic heterocycles. The Morgan fingerprint density at radius 3 is 2.58 bits per heavy atom. The second-order valence-corrected chi connectivity index (χ2v) is 8.42. The van der Waals surface area contributed by atoms with Crippen molar-refractivity contribution in [3.8, 4) is 11.5 Å². The van der Waals surface area contributed by atoms with Crippen molar-refractivity contribution >= 4 is 5.71 Å². The van der Waals surface area contributed by atoms with Crippen LogP contribution in [0.15, 0.2) is 35.3 Å². The SMILES string of the molecule is COc1cc2c(c3c1OC(C)(C)C3)C(c1cccc(F)c1)=NC(C)(C)C2. The van der Waals surface area contributed by atoms with Crippen LogP contribution in [0.3, 0.4) is 0 Å². The van der Waals surface area contributed by atoms with Gasteiger partial charge in [0.2, 0.25) is 0 Å². The molecular formula is C22H24FNO2. The van der Waals surface area contributed by atoms with Crippen LogP contribution in [-0.4, -0.2) is 24.0 Å². The number of nitrogens with zero attached hydrogens (tertiary/aromatic N) is 1. The lowest BCUT2D eigenvalue weighted by atomic mass is 9.81. The average Bonchev–Trinajstić information content (AvgIpc) is 2.87. The zero-order valence-electron chi connectivity index (χ0n) is 15.9. The molecule has 0 unspecified atom stereocenters. The Morgan fingerprint density at radius 2 is 1.88 bits per heavy atom. The Labute approximate surface area is 153 Å². The van der Waals surface area contributed by atoms with Crippen LogP contribution in [-0.2, 0) is 12.8 Å². The van der Waals surface area contributed by atoms with Gasteiger partial charge in [-0.05, 0) is 57.9 Å². The topological polar surface area (TPSA) is 30.8 Å². The Hall–Kier alpha value is -2.36. The highest BCUT2D eigenvalue weighted by Gasteiger charge is 2.39. The molecule has 2 aromatic rings. The van der Waals surface area contributed by atoms with Crippen molar-refractivity contribution in [3.05, 3.63) is 58.4 Å².